The van der Waals surface area contributed by atoms with Crippen LogP contribution < -0.4 is 10.6 Å². The molecule has 0 aliphatic heterocycles. The lowest BCUT2D eigenvalue weighted by Gasteiger charge is -2.21. The summed E-state index contributed by atoms with van der Waals surface area (Å²) in [6, 6.07) is 8.20. The summed E-state index contributed by atoms with van der Waals surface area (Å²) in [5, 5.41) is 13.4. The minimum absolute atomic E-state index is 0.197. The van der Waals surface area contributed by atoms with Crippen LogP contribution in [0.2, 0.25) is 0 Å². The van der Waals surface area contributed by atoms with E-state index in [1.807, 2.05) is 51.1 Å². The number of amides is 2. The molecule has 0 saturated carbocycles. The fourth-order valence-electron chi connectivity index (χ4n) is 1.81. The average Bonchev–Trinajstić information content (AvgIpc) is 2.50. The highest BCUT2D eigenvalue weighted by atomic mass is 16.5. The third-order valence-electron chi connectivity index (χ3n) is 2.94. The second-order valence-corrected chi connectivity index (χ2v) is 6.63. The van der Waals surface area contributed by atoms with Crippen LogP contribution in [0.15, 0.2) is 30.3 Å². The van der Waals surface area contributed by atoms with Gasteiger partial charge in [0.15, 0.2) is 0 Å². The van der Waals surface area contributed by atoms with Gasteiger partial charge in [-0.25, -0.2) is 4.79 Å². The van der Waals surface area contributed by atoms with Crippen molar-refractivity contribution in [3.05, 3.63) is 35.9 Å². The molecule has 2 amide bonds. The molecule has 0 fully saturated rings. The molecule has 1 atom stereocenters. The fourth-order valence-corrected chi connectivity index (χ4v) is 1.81. The monoisotopic (exact) mass is 336 g/mol. The molecule has 0 aromatic heterocycles. The Bertz CT molecular complexity index is 566. The van der Waals surface area contributed by atoms with Gasteiger partial charge in [-0.1, -0.05) is 51.1 Å². The first-order chi connectivity index (χ1) is 11.2. The molecule has 1 rings (SSSR count). The predicted octanol–water partition coefficient (Wildman–Crippen LogP) is 1.57. The van der Waals surface area contributed by atoms with Crippen molar-refractivity contribution in [2.45, 2.75) is 33.2 Å². The molecule has 1 aromatic carbocycles. The van der Waals surface area contributed by atoms with Crippen LogP contribution in [-0.4, -0.2) is 42.3 Å². The SMILES string of the molecule is CC(C)(C)COC(=O)NC(Cc1ccccc1)C(=O)NCC(=O)O. The van der Waals surface area contributed by atoms with Gasteiger partial charge < -0.3 is 20.5 Å². The molecule has 0 aliphatic carbocycles. The van der Waals surface area contributed by atoms with E-state index in [1.54, 1.807) is 0 Å². The van der Waals surface area contributed by atoms with Crippen molar-refractivity contribution >= 4 is 18.0 Å². The maximum Gasteiger partial charge on any atom is 0.407 e. The van der Waals surface area contributed by atoms with E-state index in [2.05, 4.69) is 10.6 Å². The van der Waals surface area contributed by atoms with E-state index in [0.29, 0.717) is 0 Å². The van der Waals surface area contributed by atoms with Crippen molar-refractivity contribution in [1.29, 1.82) is 0 Å². The van der Waals surface area contributed by atoms with Gasteiger partial charge >= 0.3 is 12.1 Å². The highest BCUT2D eigenvalue weighted by Crippen LogP contribution is 2.13. The number of nitrogens with one attached hydrogen (secondary N) is 2. The van der Waals surface area contributed by atoms with E-state index >= 15 is 0 Å². The van der Waals surface area contributed by atoms with Crippen LogP contribution >= 0.6 is 0 Å². The topological polar surface area (TPSA) is 105 Å². The molecule has 7 nitrogen and oxygen atoms in total. The second-order valence-electron chi connectivity index (χ2n) is 6.63. The Labute approximate surface area is 141 Å². The molecule has 7 heteroatoms. The van der Waals surface area contributed by atoms with Gasteiger partial charge in [0, 0.05) is 6.42 Å². The molecule has 0 aliphatic rings. The summed E-state index contributed by atoms with van der Waals surface area (Å²) in [6.45, 7) is 5.44. The fraction of sp³-hybridized carbons (Fsp3) is 0.471. The highest BCUT2D eigenvalue weighted by molar-refractivity contribution is 5.88. The number of ether oxygens (including phenoxy) is 1. The van der Waals surface area contributed by atoms with Gasteiger partial charge in [0.1, 0.15) is 12.6 Å². The number of hydrogen-bond acceptors (Lipinski definition) is 4. The lowest BCUT2D eigenvalue weighted by atomic mass is 9.99. The normalized spacial score (nSPS) is 12.1. The Hall–Kier alpha value is -2.57. The van der Waals surface area contributed by atoms with E-state index < -0.39 is 30.6 Å². The molecule has 132 valence electrons. The quantitative estimate of drug-likeness (QED) is 0.701. The van der Waals surface area contributed by atoms with Crippen molar-refractivity contribution < 1.29 is 24.2 Å². The summed E-state index contributed by atoms with van der Waals surface area (Å²) in [5.41, 5.74) is 0.641. The Balaban J connectivity index is 2.71. The summed E-state index contributed by atoms with van der Waals surface area (Å²) in [5.74, 6) is -1.73. The van der Waals surface area contributed by atoms with E-state index in [1.165, 1.54) is 0 Å². The van der Waals surface area contributed by atoms with Gasteiger partial charge in [0.2, 0.25) is 5.91 Å². The van der Waals surface area contributed by atoms with Crippen LogP contribution in [0, 0.1) is 5.41 Å². The summed E-state index contributed by atoms with van der Waals surface area (Å²) in [6.07, 6.45) is -0.479. The minimum atomic E-state index is -1.16. The molecule has 1 unspecified atom stereocenters. The zero-order valence-corrected chi connectivity index (χ0v) is 14.2. The molecule has 0 spiro atoms. The van der Waals surface area contributed by atoms with Gasteiger partial charge in [-0.3, -0.25) is 9.59 Å². The van der Waals surface area contributed by atoms with Crippen LogP contribution in [0.1, 0.15) is 26.3 Å². The van der Waals surface area contributed by atoms with Crippen molar-refractivity contribution in [2.75, 3.05) is 13.2 Å². The lowest BCUT2D eigenvalue weighted by Crippen LogP contribution is -2.49. The molecule has 1 aromatic rings. The Morgan fingerprint density at radius 2 is 1.79 bits per heavy atom. The number of benzene rings is 1. The van der Waals surface area contributed by atoms with Crippen LogP contribution in [0.25, 0.3) is 0 Å². The van der Waals surface area contributed by atoms with Crippen LogP contribution in [-0.2, 0) is 20.7 Å². The van der Waals surface area contributed by atoms with Gasteiger partial charge in [-0.2, -0.15) is 0 Å². The number of alkyl carbamates (subject to hydrolysis) is 1. The second kappa shape index (κ2) is 8.90. The Morgan fingerprint density at radius 3 is 2.33 bits per heavy atom. The van der Waals surface area contributed by atoms with Gasteiger partial charge in [-0.15, -0.1) is 0 Å². The third kappa shape index (κ3) is 8.17. The lowest BCUT2D eigenvalue weighted by molar-refractivity contribution is -0.138. The largest absolute Gasteiger partial charge is 0.480 e. The van der Waals surface area contributed by atoms with Crippen molar-refractivity contribution in [1.82, 2.24) is 10.6 Å². The van der Waals surface area contributed by atoms with Crippen LogP contribution in [0.4, 0.5) is 4.79 Å². The van der Waals surface area contributed by atoms with Crippen LogP contribution in [0.3, 0.4) is 0 Å². The third-order valence-corrected chi connectivity index (χ3v) is 2.94. The Morgan fingerprint density at radius 1 is 1.17 bits per heavy atom. The number of aliphatic carboxylic acids is 1. The number of carbonyl (C=O) groups excluding carboxylic acids is 2. The van der Waals surface area contributed by atoms with E-state index in [0.717, 1.165) is 5.56 Å². The maximum atomic E-state index is 12.1. The molecule has 24 heavy (non-hydrogen) atoms. The van der Waals surface area contributed by atoms with Crippen molar-refractivity contribution in [3.63, 3.8) is 0 Å². The number of carbonyl (C=O) groups is 3. The molecule has 0 saturated heterocycles. The van der Waals surface area contributed by atoms with Crippen molar-refractivity contribution in [2.24, 2.45) is 5.41 Å². The van der Waals surface area contributed by atoms with E-state index in [-0.39, 0.29) is 18.4 Å². The first-order valence-electron chi connectivity index (χ1n) is 7.64. The molecule has 0 heterocycles. The smallest absolute Gasteiger partial charge is 0.407 e. The molecular weight excluding hydrogens is 312 g/mol. The number of carboxylic acid groups (broad SMARTS) is 1. The summed E-state index contributed by atoms with van der Waals surface area (Å²) in [4.78, 5) is 34.6. The van der Waals surface area contributed by atoms with Gasteiger partial charge in [0.05, 0.1) is 6.61 Å². The van der Waals surface area contributed by atoms with E-state index in [4.69, 9.17) is 9.84 Å². The minimum Gasteiger partial charge on any atom is -0.480 e. The number of rotatable bonds is 7. The first-order valence-corrected chi connectivity index (χ1v) is 7.64. The molecular formula is C17H24N2O5. The number of hydrogen-bond donors (Lipinski definition) is 3. The molecule has 0 bridgehead atoms. The predicted molar refractivity (Wildman–Crippen MR) is 88.5 cm³/mol. The molecule has 0 radical (unpaired) electrons. The highest BCUT2D eigenvalue weighted by Gasteiger charge is 2.23. The summed E-state index contributed by atoms with van der Waals surface area (Å²) < 4.78 is 5.10. The van der Waals surface area contributed by atoms with E-state index in [9.17, 15) is 14.4 Å². The van der Waals surface area contributed by atoms with Gasteiger partial charge in [-0.05, 0) is 11.0 Å². The molecule has 3 N–H and O–H groups in total. The zero-order valence-electron chi connectivity index (χ0n) is 14.2. The maximum absolute atomic E-state index is 12.1. The number of carboxylic acids is 1. The summed E-state index contributed by atoms with van der Waals surface area (Å²) >= 11 is 0. The summed E-state index contributed by atoms with van der Waals surface area (Å²) in [7, 11) is 0. The average molecular weight is 336 g/mol. The standard InChI is InChI=1S/C17H24N2O5/c1-17(2,3)11-24-16(23)19-13(15(22)18-10-14(20)21)9-12-7-5-4-6-8-12/h4-8,13H,9-11H2,1-3H3,(H,18,22)(H,19,23)(H,20,21). The van der Waals surface area contributed by atoms with Gasteiger partial charge in [0.25, 0.3) is 0 Å². The van der Waals surface area contributed by atoms with Crippen molar-refractivity contribution in [3.8, 4) is 0 Å². The Kier molecular flexibility index (Phi) is 7.23. The van der Waals surface area contributed by atoms with Crippen LogP contribution in [0.5, 0.6) is 0 Å². The zero-order chi connectivity index (χ0) is 18.2. The first kappa shape index (κ1) is 19.5.